The number of para-hydroxylation sites is 1. The summed E-state index contributed by atoms with van der Waals surface area (Å²) in [6.07, 6.45) is 5.55. The molecule has 0 radical (unpaired) electrons. The molecule has 2 fully saturated rings. The van der Waals surface area contributed by atoms with E-state index in [4.69, 9.17) is 10.5 Å². The Morgan fingerprint density at radius 2 is 2.00 bits per heavy atom. The van der Waals surface area contributed by atoms with Crippen LogP contribution in [0, 0.1) is 17.8 Å². The number of nitrogens with zero attached hydrogens (tertiary/aromatic N) is 3. The molecule has 7 heteroatoms. The SMILES string of the molecule is Nc1nc(COC(=O)C[C@H]2C[C@H]3CC[C@@H]2C3)nc(Nc2ccccc2)n1. The van der Waals surface area contributed by atoms with Gasteiger partial charge in [0, 0.05) is 12.1 Å². The molecule has 0 spiro atoms. The first-order valence-electron chi connectivity index (χ1n) is 9.14. The van der Waals surface area contributed by atoms with E-state index in [2.05, 4.69) is 20.3 Å². The average molecular weight is 353 g/mol. The lowest BCUT2D eigenvalue weighted by atomic mass is 9.86. The van der Waals surface area contributed by atoms with Gasteiger partial charge in [-0.1, -0.05) is 24.6 Å². The van der Waals surface area contributed by atoms with Crippen molar-refractivity contribution in [3.05, 3.63) is 36.2 Å². The van der Waals surface area contributed by atoms with Crippen molar-refractivity contribution in [2.45, 2.75) is 38.7 Å². The lowest BCUT2D eigenvalue weighted by Crippen LogP contribution is -2.17. The van der Waals surface area contributed by atoms with Crippen LogP contribution in [-0.2, 0) is 16.1 Å². The fourth-order valence-electron chi connectivity index (χ4n) is 4.25. The third kappa shape index (κ3) is 3.92. The van der Waals surface area contributed by atoms with E-state index in [1.54, 1.807) is 0 Å². The summed E-state index contributed by atoms with van der Waals surface area (Å²) in [5.74, 6) is 2.62. The van der Waals surface area contributed by atoms with Gasteiger partial charge >= 0.3 is 5.97 Å². The number of fused-ring (bicyclic) bond motifs is 2. The third-order valence-corrected chi connectivity index (χ3v) is 5.40. The van der Waals surface area contributed by atoms with E-state index in [0.29, 0.717) is 30.0 Å². The summed E-state index contributed by atoms with van der Waals surface area (Å²) in [5.41, 5.74) is 6.59. The van der Waals surface area contributed by atoms with Gasteiger partial charge in [0.05, 0.1) is 0 Å². The first-order valence-corrected chi connectivity index (χ1v) is 9.14. The normalized spacial score (nSPS) is 23.8. The van der Waals surface area contributed by atoms with Crippen molar-refractivity contribution in [1.29, 1.82) is 0 Å². The molecule has 2 aliphatic carbocycles. The number of hydrogen-bond acceptors (Lipinski definition) is 7. The number of carbonyl (C=O) groups is 1. The Balaban J connectivity index is 1.33. The van der Waals surface area contributed by atoms with E-state index >= 15 is 0 Å². The van der Waals surface area contributed by atoms with Gasteiger partial charge < -0.3 is 15.8 Å². The van der Waals surface area contributed by atoms with Crippen LogP contribution in [0.2, 0.25) is 0 Å². The van der Waals surface area contributed by atoms with E-state index in [1.807, 2.05) is 30.3 Å². The summed E-state index contributed by atoms with van der Waals surface area (Å²) >= 11 is 0. The Hall–Kier alpha value is -2.70. The number of ether oxygens (including phenoxy) is 1. The van der Waals surface area contributed by atoms with Gasteiger partial charge in [0.1, 0.15) is 0 Å². The molecule has 3 N–H and O–H groups in total. The number of aromatic nitrogens is 3. The number of nitrogen functional groups attached to an aromatic ring is 1. The van der Waals surface area contributed by atoms with Crippen molar-refractivity contribution in [1.82, 2.24) is 15.0 Å². The molecule has 0 saturated heterocycles. The smallest absolute Gasteiger partial charge is 0.306 e. The molecule has 2 bridgehead atoms. The van der Waals surface area contributed by atoms with Crippen molar-refractivity contribution >= 4 is 23.6 Å². The second kappa shape index (κ2) is 7.27. The Bertz CT molecular complexity index is 783. The minimum atomic E-state index is -0.181. The summed E-state index contributed by atoms with van der Waals surface area (Å²) in [5, 5.41) is 3.07. The molecule has 1 aromatic heterocycles. The van der Waals surface area contributed by atoms with Gasteiger partial charge in [-0.25, -0.2) is 0 Å². The van der Waals surface area contributed by atoms with Crippen LogP contribution in [-0.4, -0.2) is 20.9 Å². The minimum Gasteiger partial charge on any atom is -0.457 e. The summed E-state index contributed by atoms with van der Waals surface area (Å²) < 4.78 is 5.38. The summed E-state index contributed by atoms with van der Waals surface area (Å²) in [6.45, 7) is 0.00976. The highest BCUT2D eigenvalue weighted by atomic mass is 16.5. The van der Waals surface area contributed by atoms with Crippen LogP contribution in [0.5, 0.6) is 0 Å². The zero-order chi connectivity index (χ0) is 17.9. The fourth-order valence-corrected chi connectivity index (χ4v) is 4.25. The van der Waals surface area contributed by atoms with E-state index in [9.17, 15) is 4.79 Å². The molecule has 1 heterocycles. The molecule has 2 aromatic rings. The largest absolute Gasteiger partial charge is 0.457 e. The third-order valence-electron chi connectivity index (χ3n) is 5.40. The minimum absolute atomic E-state index is 0.00976. The highest BCUT2D eigenvalue weighted by Gasteiger charge is 2.40. The fraction of sp³-hybridized carbons (Fsp3) is 0.474. The highest BCUT2D eigenvalue weighted by Crippen LogP contribution is 2.49. The predicted molar refractivity (Wildman–Crippen MR) is 97.3 cm³/mol. The zero-order valence-electron chi connectivity index (χ0n) is 14.6. The number of rotatable bonds is 6. The first kappa shape index (κ1) is 16.8. The molecule has 136 valence electrons. The van der Waals surface area contributed by atoms with Crippen LogP contribution < -0.4 is 11.1 Å². The van der Waals surface area contributed by atoms with Crippen LogP contribution >= 0.6 is 0 Å². The number of esters is 1. The maximum Gasteiger partial charge on any atom is 0.306 e. The molecule has 0 aliphatic heterocycles. The number of benzene rings is 1. The monoisotopic (exact) mass is 353 g/mol. The lowest BCUT2D eigenvalue weighted by Gasteiger charge is -2.20. The van der Waals surface area contributed by atoms with E-state index in [0.717, 1.165) is 11.6 Å². The average Bonchev–Trinajstić information content (AvgIpc) is 3.23. The highest BCUT2D eigenvalue weighted by molar-refractivity contribution is 5.69. The Morgan fingerprint density at radius 3 is 2.73 bits per heavy atom. The van der Waals surface area contributed by atoms with Crippen LogP contribution in [0.4, 0.5) is 17.6 Å². The molecule has 0 amide bonds. The second-order valence-electron chi connectivity index (χ2n) is 7.22. The van der Waals surface area contributed by atoms with E-state index in [1.165, 1.54) is 25.7 Å². The van der Waals surface area contributed by atoms with Crippen molar-refractivity contribution in [3.8, 4) is 0 Å². The Morgan fingerprint density at radius 1 is 1.15 bits per heavy atom. The maximum atomic E-state index is 12.2. The number of hydrogen-bond donors (Lipinski definition) is 2. The van der Waals surface area contributed by atoms with Crippen LogP contribution in [0.15, 0.2) is 30.3 Å². The summed E-state index contributed by atoms with van der Waals surface area (Å²) in [6, 6.07) is 9.54. The van der Waals surface area contributed by atoms with Gasteiger partial charge in [-0.3, -0.25) is 4.79 Å². The molecule has 0 unspecified atom stereocenters. The molecule has 26 heavy (non-hydrogen) atoms. The molecule has 3 atom stereocenters. The number of anilines is 3. The molecular formula is C19H23N5O2. The predicted octanol–water partition coefficient (Wildman–Crippen LogP) is 3.07. The number of nitrogens with one attached hydrogen (secondary N) is 1. The standard InChI is InChI=1S/C19H23N5O2/c20-18-22-16(23-19(24-18)21-15-4-2-1-3-5-15)11-26-17(25)10-14-9-12-6-7-13(14)8-12/h1-5,12-14H,6-11H2,(H3,20,21,22,23,24)/t12-,13+,14+/m0/s1. The lowest BCUT2D eigenvalue weighted by molar-refractivity contribution is -0.146. The van der Waals surface area contributed by atoms with Gasteiger partial charge in [-0.15, -0.1) is 0 Å². The van der Waals surface area contributed by atoms with E-state index < -0.39 is 0 Å². The van der Waals surface area contributed by atoms with E-state index in [-0.39, 0.29) is 18.5 Å². The molecule has 4 rings (SSSR count). The molecule has 7 nitrogen and oxygen atoms in total. The van der Waals surface area contributed by atoms with Crippen LogP contribution in [0.1, 0.15) is 37.9 Å². The van der Waals surface area contributed by atoms with Crippen molar-refractivity contribution < 1.29 is 9.53 Å². The maximum absolute atomic E-state index is 12.2. The number of nitrogens with two attached hydrogens (primary N) is 1. The quantitative estimate of drug-likeness (QED) is 0.769. The molecule has 2 saturated carbocycles. The summed E-state index contributed by atoms with van der Waals surface area (Å²) in [7, 11) is 0. The Labute approximate surface area is 152 Å². The Kier molecular flexibility index (Phi) is 4.69. The van der Waals surface area contributed by atoms with Crippen molar-refractivity contribution in [2.75, 3.05) is 11.1 Å². The van der Waals surface area contributed by atoms with Crippen LogP contribution in [0.3, 0.4) is 0 Å². The van der Waals surface area contributed by atoms with Crippen molar-refractivity contribution in [3.63, 3.8) is 0 Å². The molecular weight excluding hydrogens is 330 g/mol. The van der Waals surface area contributed by atoms with Gasteiger partial charge in [-0.05, 0) is 49.1 Å². The second-order valence-corrected chi connectivity index (χ2v) is 7.22. The van der Waals surface area contributed by atoms with Gasteiger partial charge in [-0.2, -0.15) is 15.0 Å². The van der Waals surface area contributed by atoms with Gasteiger partial charge in [0.25, 0.3) is 0 Å². The van der Waals surface area contributed by atoms with Gasteiger partial charge in [0.2, 0.25) is 11.9 Å². The molecule has 2 aliphatic rings. The first-order chi connectivity index (χ1) is 12.7. The van der Waals surface area contributed by atoms with Crippen molar-refractivity contribution in [2.24, 2.45) is 17.8 Å². The van der Waals surface area contributed by atoms with Gasteiger partial charge in [0.15, 0.2) is 12.4 Å². The zero-order valence-corrected chi connectivity index (χ0v) is 14.6. The number of carbonyl (C=O) groups excluding carboxylic acids is 1. The topological polar surface area (TPSA) is 103 Å². The van der Waals surface area contributed by atoms with Crippen LogP contribution in [0.25, 0.3) is 0 Å². The summed E-state index contributed by atoms with van der Waals surface area (Å²) in [4.78, 5) is 24.6. The molecule has 1 aromatic carbocycles.